The second-order valence-electron chi connectivity index (χ2n) is 6.66. The number of esters is 1. The average molecular weight is 352 g/mol. The molecule has 1 saturated heterocycles. The lowest BCUT2D eigenvalue weighted by Gasteiger charge is -2.17. The van der Waals surface area contributed by atoms with E-state index in [2.05, 4.69) is 0 Å². The van der Waals surface area contributed by atoms with Gasteiger partial charge in [-0.2, -0.15) is 0 Å². The van der Waals surface area contributed by atoms with Crippen molar-refractivity contribution in [3.8, 4) is 0 Å². The van der Waals surface area contributed by atoms with Crippen LogP contribution in [0, 0.1) is 12.8 Å². The molecule has 0 aliphatic carbocycles. The third-order valence-electron chi connectivity index (χ3n) is 4.77. The molecule has 26 heavy (non-hydrogen) atoms. The van der Waals surface area contributed by atoms with Gasteiger partial charge >= 0.3 is 5.97 Å². The number of hydrogen-bond donors (Lipinski definition) is 0. The molecule has 4 nitrogen and oxygen atoms in total. The van der Waals surface area contributed by atoms with E-state index in [-0.39, 0.29) is 30.2 Å². The Kier molecular flexibility index (Phi) is 5.84. The Hall–Kier alpha value is -2.46. The van der Waals surface area contributed by atoms with Gasteiger partial charge in [0, 0.05) is 5.56 Å². The second kappa shape index (κ2) is 8.28. The summed E-state index contributed by atoms with van der Waals surface area (Å²) in [6.45, 7) is 4.13. The van der Waals surface area contributed by atoms with Crippen molar-refractivity contribution in [2.24, 2.45) is 5.92 Å². The van der Waals surface area contributed by atoms with Crippen LogP contribution < -0.4 is 0 Å². The number of Topliss-reactive ketones (excluding diaryl/α,β-unsaturated/α-hetero) is 1. The molecular formula is C22H24O4. The first-order valence-electron chi connectivity index (χ1n) is 9.05. The minimum absolute atomic E-state index is 0.0227. The van der Waals surface area contributed by atoms with Gasteiger partial charge < -0.3 is 9.47 Å². The zero-order chi connectivity index (χ0) is 18.5. The SMILES string of the molecule is CCOC(=O)C[C@@H]1O[C@H](c2ccc(C)cc2)C[C@H]1C(=O)c1ccccc1. The third-order valence-corrected chi connectivity index (χ3v) is 4.77. The monoisotopic (exact) mass is 352 g/mol. The van der Waals surface area contributed by atoms with Crippen molar-refractivity contribution in [3.63, 3.8) is 0 Å². The Bertz CT molecular complexity index is 751. The molecule has 0 aromatic heterocycles. The van der Waals surface area contributed by atoms with Crippen molar-refractivity contribution < 1.29 is 19.1 Å². The zero-order valence-electron chi connectivity index (χ0n) is 15.2. The van der Waals surface area contributed by atoms with E-state index in [1.54, 1.807) is 6.92 Å². The second-order valence-corrected chi connectivity index (χ2v) is 6.66. The van der Waals surface area contributed by atoms with E-state index in [4.69, 9.17) is 9.47 Å². The van der Waals surface area contributed by atoms with E-state index in [0.717, 1.165) is 5.56 Å². The van der Waals surface area contributed by atoms with Crippen molar-refractivity contribution in [1.82, 2.24) is 0 Å². The summed E-state index contributed by atoms with van der Waals surface area (Å²) >= 11 is 0. The Balaban J connectivity index is 1.82. The highest BCUT2D eigenvalue weighted by Gasteiger charge is 2.41. The van der Waals surface area contributed by atoms with Crippen molar-refractivity contribution >= 4 is 11.8 Å². The Labute approximate surface area is 154 Å². The molecule has 2 aromatic rings. The predicted octanol–water partition coefficient (Wildman–Crippen LogP) is 4.28. The molecule has 1 aliphatic rings. The van der Waals surface area contributed by atoms with Crippen molar-refractivity contribution in [3.05, 3.63) is 71.3 Å². The fraction of sp³-hybridized carbons (Fsp3) is 0.364. The van der Waals surface area contributed by atoms with Crippen LogP contribution in [0.4, 0.5) is 0 Å². The summed E-state index contributed by atoms with van der Waals surface area (Å²) in [5.41, 5.74) is 2.86. The Morgan fingerprint density at radius 1 is 1.08 bits per heavy atom. The zero-order valence-corrected chi connectivity index (χ0v) is 15.2. The van der Waals surface area contributed by atoms with E-state index >= 15 is 0 Å². The van der Waals surface area contributed by atoms with Crippen LogP contribution in [0.2, 0.25) is 0 Å². The largest absolute Gasteiger partial charge is 0.466 e. The highest BCUT2D eigenvalue weighted by atomic mass is 16.5. The van der Waals surface area contributed by atoms with Gasteiger partial charge in [0.05, 0.1) is 31.2 Å². The molecule has 2 aromatic carbocycles. The molecule has 1 heterocycles. The molecule has 3 rings (SSSR count). The van der Waals surface area contributed by atoms with E-state index in [0.29, 0.717) is 18.6 Å². The van der Waals surface area contributed by atoms with E-state index in [1.807, 2.05) is 61.5 Å². The van der Waals surface area contributed by atoms with Crippen molar-refractivity contribution in [2.75, 3.05) is 6.61 Å². The van der Waals surface area contributed by atoms with Crippen LogP contribution in [0.5, 0.6) is 0 Å². The minimum atomic E-state index is -0.465. The van der Waals surface area contributed by atoms with Gasteiger partial charge in [0.2, 0.25) is 0 Å². The van der Waals surface area contributed by atoms with Gasteiger partial charge in [0.15, 0.2) is 5.78 Å². The number of rotatable bonds is 6. The van der Waals surface area contributed by atoms with Crippen LogP contribution >= 0.6 is 0 Å². The van der Waals surface area contributed by atoms with E-state index in [1.165, 1.54) is 5.56 Å². The standard InChI is InChI=1S/C22H24O4/c1-3-25-21(23)14-20-18(22(24)17-7-5-4-6-8-17)13-19(26-20)16-11-9-15(2)10-12-16/h4-12,18-20H,3,13-14H2,1-2H3/t18-,19+,20+/m1/s1. The van der Waals surface area contributed by atoms with Crippen LogP contribution in [0.25, 0.3) is 0 Å². The van der Waals surface area contributed by atoms with Gasteiger partial charge in [-0.3, -0.25) is 9.59 Å². The smallest absolute Gasteiger partial charge is 0.308 e. The lowest BCUT2D eigenvalue weighted by Crippen LogP contribution is -2.27. The number of ketones is 1. The van der Waals surface area contributed by atoms with Crippen molar-refractivity contribution in [1.29, 1.82) is 0 Å². The molecule has 0 saturated carbocycles. The van der Waals surface area contributed by atoms with Gasteiger partial charge in [0.1, 0.15) is 0 Å². The maximum Gasteiger partial charge on any atom is 0.308 e. The first-order valence-corrected chi connectivity index (χ1v) is 9.05. The van der Waals surface area contributed by atoms with E-state index in [9.17, 15) is 9.59 Å². The predicted molar refractivity (Wildman–Crippen MR) is 98.9 cm³/mol. The number of ether oxygens (including phenoxy) is 2. The van der Waals surface area contributed by atoms with E-state index < -0.39 is 6.10 Å². The lowest BCUT2D eigenvalue weighted by molar-refractivity contribution is -0.146. The molecule has 0 bridgehead atoms. The summed E-state index contributed by atoms with van der Waals surface area (Å²) < 4.78 is 11.2. The van der Waals surface area contributed by atoms with Crippen LogP contribution in [-0.4, -0.2) is 24.5 Å². The highest BCUT2D eigenvalue weighted by molar-refractivity contribution is 5.98. The highest BCUT2D eigenvalue weighted by Crippen LogP contribution is 2.40. The topological polar surface area (TPSA) is 52.6 Å². The molecule has 0 amide bonds. The fourth-order valence-corrected chi connectivity index (χ4v) is 3.41. The lowest BCUT2D eigenvalue weighted by atomic mass is 9.88. The van der Waals surface area contributed by atoms with Gasteiger partial charge in [-0.05, 0) is 25.8 Å². The van der Waals surface area contributed by atoms with Crippen LogP contribution in [0.15, 0.2) is 54.6 Å². The summed E-state index contributed by atoms with van der Waals surface area (Å²) in [6, 6.07) is 17.3. The molecule has 136 valence electrons. The molecule has 1 aliphatic heterocycles. The van der Waals surface area contributed by atoms with Crippen LogP contribution in [0.1, 0.15) is 47.4 Å². The Morgan fingerprint density at radius 3 is 2.42 bits per heavy atom. The third kappa shape index (κ3) is 4.20. The maximum absolute atomic E-state index is 13.0. The van der Waals surface area contributed by atoms with Gasteiger partial charge in [-0.25, -0.2) is 0 Å². The van der Waals surface area contributed by atoms with Gasteiger partial charge in [0.25, 0.3) is 0 Å². The molecule has 0 spiro atoms. The number of hydrogen-bond acceptors (Lipinski definition) is 4. The summed E-state index contributed by atoms with van der Waals surface area (Å²) in [7, 11) is 0. The van der Waals surface area contributed by atoms with Gasteiger partial charge in [-0.1, -0.05) is 60.2 Å². The van der Waals surface area contributed by atoms with Gasteiger partial charge in [-0.15, -0.1) is 0 Å². The maximum atomic E-state index is 13.0. The summed E-state index contributed by atoms with van der Waals surface area (Å²) in [5, 5.41) is 0. The number of carbonyl (C=O) groups excluding carboxylic acids is 2. The number of aryl methyl sites for hydroxylation is 1. The first kappa shape index (κ1) is 18.3. The van der Waals surface area contributed by atoms with Crippen LogP contribution in [-0.2, 0) is 14.3 Å². The summed E-state index contributed by atoms with van der Waals surface area (Å²) in [4.78, 5) is 25.0. The number of benzene rings is 2. The van der Waals surface area contributed by atoms with Crippen molar-refractivity contribution in [2.45, 2.75) is 38.9 Å². The summed E-state index contributed by atoms with van der Waals surface area (Å²) in [6.07, 6.45) is 0.0149. The first-order chi connectivity index (χ1) is 12.6. The quantitative estimate of drug-likeness (QED) is 0.575. The molecule has 0 unspecified atom stereocenters. The summed E-state index contributed by atoms with van der Waals surface area (Å²) in [5.74, 6) is -0.657. The molecule has 0 radical (unpaired) electrons. The molecular weight excluding hydrogens is 328 g/mol. The molecule has 3 atom stereocenters. The normalized spacial score (nSPS) is 22.2. The fourth-order valence-electron chi connectivity index (χ4n) is 3.41. The molecule has 1 fully saturated rings. The Morgan fingerprint density at radius 2 is 1.77 bits per heavy atom. The minimum Gasteiger partial charge on any atom is -0.466 e. The van der Waals surface area contributed by atoms with Crippen LogP contribution in [0.3, 0.4) is 0 Å². The molecule has 4 heteroatoms. The molecule has 0 N–H and O–H groups in total. The number of carbonyl (C=O) groups is 2. The average Bonchev–Trinajstić information content (AvgIpc) is 3.06.